The van der Waals surface area contributed by atoms with Gasteiger partial charge < -0.3 is 17.2 Å². The van der Waals surface area contributed by atoms with Crippen molar-refractivity contribution in [3.05, 3.63) is 108 Å². The normalized spacial score (nSPS) is 11.7. The molecule has 1 aliphatic rings. The number of fused-ring (bicyclic) bond motifs is 2. The van der Waals surface area contributed by atoms with Crippen molar-refractivity contribution in [2.75, 3.05) is 25.6 Å². The van der Waals surface area contributed by atoms with Crippen LogP contribution in [0.1, 0.15) is 38.3 Å². The van der Waals surface area contributed by atoms with Crippen LogP contribution in [0.25, 0.3) is 34.1 Å². The molecule has 0 saturated carbocycles. The molecular weight excluding hydrogens is 600 g/mol. The number of primary amides is 1. The van der Waals surface area contributed by atoms with Crippen LogP contribution in [0.4, 0.5) is 11.5 Å². The van der Waals surface area contributed by atoms with E-state index in [1.165, 1.54) is 35.7 Å². The van der Waals surface area contributed by atoms with Gasteiger partial charge in [0.05, 0.1) is 5.56 Å². The second kappa shape index (κ2) is 14.1. The molecule has 0 fully saturated rings. The Bertz CT molecular complexity index is 2000. The van der Waals surface area contributed by atoms with E-state index in [9.17, 15) is 9.59 Å². The number of nitrogens with two attached hydrogens (primary N) is 3. The van der Waals surface area contributed by atoms with Crippen LogP contribution in [0.2, 0.25) is 0 Å². The number of pyridine rings is 2. The number of benzene rings is 2. The van der Waals surface area contributed by atoms with Gasteiger partial charge in [0.25, 0.3) is 0 Å². The summed E-state index contributed by atoms with van der Waals surface area (Å²) in [6.07, 6.45) is 9.34. The van der Waals surface area contributed by atoms with E-state index < -0.39 is 5.91 Å². The summed E-state index contributed by atoms with van der Waals surface area (Å²) in [5.41, 5.74) is 23.7. The van der Waals surface area contributed by atoms with Gasteiger partial charge in [-0.1, -0.05) is 18.9 Å². The van der Waals surface area contributed by atoms with Gasteiger partial charge in [-0.2, -0.15) is 5.10 Å². The fourth-order valence-electron chi connectivity index (χ4n) is 5.04. The summed E-state index contributed by atoms with van der Waals surface area (Å²) in [7, 11) is 3.73. The number of anilines is 2. The van der Waals surface area contributed by atoms with E-state index in [0.717, 1.165) is 46.9 Å². The molecular formula is C33H34N10O2S. The molecule has 0 bridgehead atoms. The number of nitrogens with zero attached hydrogens (tertiary/aromatic N) is 7. The van der Waals surface area contributed by atoms with Crippen LogP contribution in [0.15, 0.2) is 85.3 Å². The zero-order chi connectivity index (χ0) is 32.8. The minimum Gasteiger partial charge on any atom is -0.398 e. The maximum Gasteiger partial charge on any atom is 0.248 e. The van der Waals surface area contributed by atoms with Gasteiger partial charge >= 0.3 is 0 Å². The minimum atomic E-state index is -0.571. The molecule has 1 amide bonds. The van der Waals surface area contributed by atoms with Crippen molar-refractivity contribution in [3.8, 4) is 22.9 Å². The lowest BCUT2D eigenvalue weighted by Gasteiger charge is -2.12. The Morgan fingerprint density at radius 3 is 2.43 bits per heavy atom. The second-order valence-electron chi connectivity index (χ2n) is 10.6. The highest BCUT2D eigenvalue weighted by atomic mass is 32.1. The Labute approximate surface area is 271 Å². The SMILES string of the molecule is CN(C)S.NC(=O)c1ccc(N)c(C=O)c1.Nc1ncccc1-c1nc2ccc(-n3cccn3)nc2n1-c1ccc2c(c1)CCC2. The van der Waals surface area contributed by atoms with Crippen molar-refractivity contribution in [2.45, 2.75) is 19.3 Å². The fourth-order valence-corrected chi connectivity index (χ4v) is 5.04. The largest absolute Gasteiger partial charge is 0.398 e. The van der Waals surface area contributed by atoms with Crippen molar-refractivity contribution in [2.24, 2.45) is 5.73 Å². The second-order valence-corrected chi connectivity index (χ2v) is 11.4. The van der Waals surface area contributed by atoms with Crippen LogP contribution in [-0.2, 0) is 12.8 Å². The van der Waals surface area contributed by atoms with E-state index in [-0.39, 0.29) is 11.1 Å². The highest BCUT2D eigenvalue weighted by Crippen LogP contribution is 2.32. The number of carbonyl (C=O) groups is 2. The van der Waals surface area contributed by atoms with Crippen LogP contribution < -0.4 is 17.2 Å². The first-order valence-corrected chi connectivity index (χ1v) is 14.8. The standard InChI is InChI=1S/C23H19N7.C8H8N2O2.C2H7NS/c24-21-18(6-2-11-25-21)22-27-19-9-10-20(29-13-3-12-26-29)28-23(19)30(22)17-8-7-15-4-1-5-16(15)14-17;9-7-2-1-5(8(10)12)3-6(7)4-11;1-3(2)4/h2-3,6-14H,1,4-5H2,(H2,24,25);1-4H,9H2,(H2,10,12);4H,1-2H3. The van der Waals surface area contributed by atoms with Gasteiger partial charge in [-0.25, -0.2) is 19.6 Å². The summed E-state index contributed by atoms with van der Waals surface area (Å²) in [5, 5.41) is 4.32. The van der Waals surface area contributed by atoms with E-state index in [2.05, 4.69) is 45.7 Å². The molecule has 4 aromatic heterocycles. The monoisotopic (exact) mass is 634 g/mol. The first-order chi connectivity index (χ1) is 22.2. The highest BCUT2D eigenvalue weighted by Gasteiger charge is 2.20. The van der Waals surface area contributed by atoms with Gasteiger partial charge in [0, 0.05) is 41.1 Å². The molecule has 0 spiro atoms. The number of carbonyl (C=O) groups excluding carboxylic acids is 2. The molecule has 46 heavy (non-hydrogen) atoms. The van der Waals surface area contributed by atoms with Crippen LogP contribution in [0, 0.1) is 0 Å². The molecule has 1 aliphatic carbocycles. The number of hydrogen-bond acceptors (Lipinski definition) is 10. The molecule has 7 rings (SSSR count). The summed E-state index contributed by atoms with van der Waals surface area (Å²) in [6.45, 7) is 0. The summed E-state index contributed by atoms with van der Waals surface area (Å²) in [5.74, 6) is 1.35. The Morgan fingerprint density at radius 2 is 1.74 bits per heavy atom. The lowest BCUT2D eigenvalue weighted by molar-refractivity contribution is 0.1000. The third-order valence-electron chi connectivity index (χ3n) is 7.15. The molecule has 0 atom stereocenters. The number of aryl methyl sites for hydroxylation is 2. The number of thiol groups is 1. The Hall–Kier alpha value is -5.53. The van der Waals surface area contributed by atoms with Gasteiger partial charge in [-0.05, 0) is 105 Å². The van der Waals surface area contributed by atoms with Crippen molar-refractivity contribution >= 4 is 47.7 Å². The summed E-state index contributed by atoms with van der Waals surface area (Å²) in [6, 6.07) is 20.5. The predicted octanol–water partition coefficient (Wildman–Crippen LogP) is 4.31. The Kier molecular flexibility index (Phi) is 9.74. The molecule has 0 aliphatic heterocycles. The van der Waals surface area contributed by atoms with Crippen molar-refractivity contribution < 1.29 is 9.59 Å². The maximum atomic E-state index is 10.6. The number of aromatic nitrogens is 6. The number of hydrogen-bond donors (Lipinski definition) is 4. The zero-order valence-electron chi connectivity index (χ0n) is 25.4. The Morgan fingerprint density at radius 1 is 0.957 bits per heavy atom. The topological polar surface area (TPSA) is 177 Å². The molecule has 6 N–H and O–H groups in total. The molecule has 13 heteroatoms. The van der Waals surface area contributed by atoms with Crippen LogP contribution in [0.5, 0.6) is 0 Å². The van der Waals surface area contributed by atoms with E-state index in [1.807, 2.05) is 50.6 Å². The number of imidazole rings is 1. The lowest BCUT2D eigenvalue weighted by Crippen LogP contribution is -2.11. The average molecular weight is 635 g/mol. The van der Waals surface area contributed by atoms with E-state index >= 15 is 0 Å². The van der Waals surface area contributed by atoms with E-state index in [4.69, 9.17) is 27.2 Å². The lowest BCUT2D eigenvalue weighted by atomic mass is 10.1. The third kappa shape index (κ3) is 7.06. The smallest absolute Gasteiger partial charge is 0.248 e. The van der Waals surface area contributed by atoms with Crippen molar-refractivity contribution in [3.63, 3.8) is 0 Å². The van der Waals surface area contributed by atoms with Gasteiger partial charge in [0.15, 0.2) is 23.6 Å². The van der Waals surface area contributed by atoms with Crippen molar-refractivity contribution in [1.29, 1.82) is 0 Å². The molecule has 0 saturated heterocycles. The van der Waals surface area contributed by atoms with Gasteiger partial charge in [-0.3, -0.25) is 18.5 Å². The molecule has 12 nitrogen and oxygen atoms in total. The summed E-state index contributed by atoms with van der Waals surface area (Å²) < 4.78 is 5.52. The first kappa shape index (κ1) is 31.9. The molecule has 0 radical (unpaired) electrons. The first-order valence-electron chi connectivity index (χ1n) is 14.4. The predicted molar refractivity (Wildman–Crippen MR) is 183 cm³/mol. The maximum absolute atomic E-state index is 10.6. The van der Waals surface area contributed by atoms with Gasteiger partial charge in [0.1, 0.15) is 11.3 Å². The van der Waals surface area contributed by atoms with E-state index in [0.29, 0.717) is 17.8 Å². The van der Waals surface area contributed by atoms with E-state index in [1.54, 1.807) is 21.4 Å². The number of aldehydes is 1. The van der Waals surface area contributed by atoms with Gasteiger partial charge in [-0.15, -0.1) is 0 Å². The van der Waals surface area contributed by atoms with Crippen LogP contribution in [0.3, 0.4) is 0 Å². The summed E-state index contributed by atoms with van der Waals surface area (Å²) >= 11 is 3.80. The number of rotatable bonds is 5. The highest BCUT2D eigenvalue weighted by molar-refractivity contribution is 7.77. The van der Waals surface area contributed by atoms with Gasteiger partial charge in [0.2, 0.25) is 5.91 Å². The quantitative estimate of drug-likeness (QED) is 0.122. The minimum absolute atomic E-state index is 0.284. The third-order valence-corrected chi connectivity index (χ3v) is 7.15. The Balaban J connectivity index is 0.000000218. The zero-order valence-corrected chi connectivity index (χ0v) is 26.3. The number of nitrogen functional groups attached to an aromatic ring is 2. The fraction of sp³-hybridized carbons (Fsp3) is 0.152. The molecule has 0 unspecified atom stereocenters. The van der Waals surface area contributed by atoms with Crippen LogP contribution in [-0.4, -0.2) is 59.9 Å². The van der Waals surface area contributed by atoms with Crippen molar-refractivity contribution in [1.82, 2.24) is 33.6 Å². The number of amides is 1. The molecule has 4 heterocycles. The molecule has 2 aromatic carbocycles. The summed E-state index contributed by atoms with van der Waals surface area (Å²) in [4.78, 5) is 35.1. The van der Waals surface area contributed by atoms with Crippen LogP contribution >= 0.6 is 12.8 Å². The average Bonchev–Trinajstić information content (AvgIpc) is 3.81. The molecule has 234 valence electrons. The molecule has 6 aromatic rings.